The highest BCUT2D eigenvalue weighted by Crippen LogP contribution is 2.17. The zero-order valence-corrected chi connectivity index (χ0v) is 14.6. The van der Waals surface area contributed by atoms with Crippen LogP contribution in [-0.4, -0.2) is 65.5 Å². The molecule has 1 aliphatic heterocycles. The van der Waals surface area contributed by atoms with Gasteiger partial charge in [0.1, 0.15) is 5.82 Å². The third kappa shape index (κ3) is 5.24. The number of carbonyl (C=O) groups excluding carboxylic acids is 2. The van der Waals surface area contributed by atoms with Gasteiger partial charge in [-0.05, 0) is 12.5 Å². The first-order valence-corrected chi connectivity index (χ1v) is 8.70. The number of aliphatic hydroxyl groups is 1. The Morgan fingerprint density at radius 2 is 2.16 bits per heavy atom. The standard InChI is InChI=1S/C18H26FN3O3/c1-2-8-21(10-11-23)17(24)12-16-18(25)20-7-9-22(16)13-14-5-3-4-6-15(14)19/h3-6,16,23H,2,7-13H2,1H3,(H,20,25). The molecule has 1 heterocycles. The molecule has 1 atom stereocenters. The molecule has 0 bridgehead atoms. The summed E-state index contributed by atoms with van der Waals surface area (Å²) in [4.78, 5) is 28.2. The van der Waals surface area contributed by atoms with Crippen LogP contribution < -0.4 is 5.32 Å². The Labute approximate surface area is 147 Å². The van der Waals surface area contributed by atoms with Crippen LogP contribution >= 0.6 is 0 Å². The molecule has 138 valence electrons. The predicted molar refractivity (Wildman–Crippen MR) is 92.2 cm³/mol. The molecule has 0 aliphatic carbocycles. The Bertz CT molecular complexity index is 591. The molecule has 0 radical (unpaired) electrons. The van der Waals surface area contributed by atoms with Gasteiger partial charge in [0.25, 0.3) is 0 Å². The summed E-state index contributed by atoms with van der Waals surface area (Å²) in [7, 11) is 0. The monoisotopic (exact) mass is 351 g/mol. The van der Waals surface area contributed by atoms with Crippen molar-refractivity contribution in [2.75, 3.05) is 32.8 Å². The molecule has 0 aromatic heterocycles. The molecule has 0 saturated carbocycles. The summed E-state index contributed by atoms with van der Waals surface area (Å²) in [6.45, 7) is 3.97. The summed E-state index contributed by atoms with van der Waals surface area (Å²) in [6, 6.07) is 5.84. The first kappa shape index (κ1) is 19.3. The van der Waals surface area contributed by atoms with Crippen molar-refractivity contribution >= 4 is 11.8 Å². The summed E-state index contributed by atoms with van der Waals surface area (Å²) < 4.78 is 13.9. The fourth-order valence-corrected chi connectivity index (χ4v) is 3.06. The molecule has 7 heteroatoms. The molecule has 1 saturated heterocycles. The Morgan fingerprint density at radius 3 is 2.84 bits per heavy atom. The van der Waals surface area contributed by atoms with E-state index < -0.39 is 6.04 Å². The number of aliphatic hydroxyl groups excluding tert-OH is 1. The first-order valence-electron chi connectivity index (χ1n) is 8.70. The lowest BCUT2D eigenvalue weighted by Crippen LogP contribution is -2.56. The number of hydrogen-bond donors (Lipinski definition) is 2. The number of hydrogen-bond acceptors (Lipinski definition) is 4. The first-order chi connectivity index (χ1) is 12.1. The molecule has 2 rings (SSSR count). The van der Waals surface area contributed by atoms with Crippen LogP contribution in [0.3, 0.4) is 0 Å². The van der Waals surface area contributed by atoms with Gasteiger partial charge in [-0.1, -0.05) is 25.1 Å². The molecule has 0 spiro atoms. The second-order valence-electron chi connectivity index (χ2n) is 6.18. The van der Waals surface area contributed by atoms with E-state index in [4.69, 9.17) is 5.11 Å². The lowest BCUT2D eigenvalue weighted by molar-refractivity contribution is -0.139. The largest absolute Gasteiger partial charge is 0.395 e. The maximum absolute atomic E-state index is 13.9. The van der Waals surface area contributed by atoms with E-state index >= 15 is 0 Å². The molecule has 2 N–H and O–H groups in total. The van der Waals surface area contributed by atoms with Gasteiger partial charge in [0, 0.05) is 38.3 Å². The lowest BCUT2D eigenvalue weighted by atomic mass is 10.1. The fraction of sp³-hybridized carbons (Fsp3) is 0.556. The highest BCUT2D eigenvalue weighted by atomic mass is 19.1. The van der Waals surface area contributed by atoms with Crippen LogP contribution in [0, 0.1) is 5.82 Å². The molecular weight excluding hydrogens is 325 g/mol. The van der Waals surface area contributed by atoms with Crippen LogP contribution in [0.25, 0.3) is 0 Å². The molecule has 1 aromatic carbocycles. The van der Waals surface area contributed by atoms with E-state index in [1.54, 1.807) is 23.1 Å². The topological polar surface area (TPSA) is 72.9 Å². The van der Waals surface area contributed by atoms with Gasteiger partial charge in [-0.3, -0.25) is 14.5 Å². The van der Waals surface area contributed by atoms with E-state index in [1.165, 1.54) is 6.07 Å². The third-order valence-electron chi connectivity index (χ3n) is 4.36. The summed E-state index contributed by atoms with van der Waals surface area (Å²) >= 11 is 0. The zero-order valence-electron chi connectivity index (χ0n) is 14.6. The van der Waals surface area contributed by atoms with Gasteiger partial charge >= 0.3 is 0 Å². The van der Waals surface area contributed by atoms with E-state index in [9.17, 15) is 14.0 Å². The lowest BCUT2D eigenvalue weighted by Gasteiger charge is -2.35. The van der Waals surface area contributed by atoms with Crippen LogP contribution in [0.2, 0.25) is 0 Å². The Kier molecular flexibility index (Phi) is 7.33. The van der Waals surface area contributed by atoms with Gasteiger partial charge in [-0.2, -0.15) is 0 Å². The number of benzene rings is 1. The third-order valence-corrected chi connectivity index (χ3v) is 4.36. The smallest absolute Gasteiger partial charge is 0.237 e. The SMILES string of the molecule is CCCN(CCO)C(=O)CC1C(=O)NCCN1Cc1ccccc1F. The molecule has 25 heavy (non-hydrogen) atoms. The number of carbonyl (C=O) groups is 2. The second-order valence-corrected chi connectivity index (χ2v) is 6.18. The van der Waals surface area contributed by atoms with E-state index in [0.29, 0.717) is 25.2 Å². The maximum Gasteiger partial charge on any atom is 0.237 e. The van der Waals surface area contributed by atoms with Crippen molar-refractivity contribution in [3.8, 4) is 0 Å². The minimum absolute atomic E-state index is 0.0281. The van der Waals surface area contributed by atoms with Crippen molar-refractivity contribution in [3.63, 3.8) is 0 Å². The Morgan fingerprint density at radius 1 is 1.40 bits per heavy atom. The molecule has 1 aliphatic rings. The van der Waals surface area contributed by atoms with Crippen LogP contribution in [0.4, 0.5) is 4.39 Å². The number of halogens is 1. The van der Waals surface area contributed by atoms with Crippen molar-refractivity contribution in [2.45, 2.75) is 32.4 Å². The predicted octanol–water partition coefficient (Wildman–Crippen LogP) is 0.747. The molecule has 1 fully saturated rings. The molecule has 1 aromatic rings. The summed E-state index contributed by atoms with van der Waals surface area (Å²) in [6.07, 6.45) is 0.807. The van der Waals surface area contributed by atoms with Gasteiger partial charge in [0.05, 0.1) is 19.1 Å². The van der Waals surface area contributed by atoms with Crippen molar-refractivity contribution in [3.05, 3.63) is 35.6 Å². The average molecular weight is 351 g/mol. The molecule has 2 amide bonds. The molecule has 6 nitrogen and oxygen atoms in total. The minimum atomic E-state index is -0.626. The van der Waals surface area contributed by atoms with Gasteiger partial charge in [-0.25, -0.2) is 4.39 Å². The molecule has 1 unspecified atom stereocenters. The Balaban J connectivity index is 2.09. The van der Waals surface area contributed by atoms with Crippen molar-refractivity contribution in [1.82, 2.24) is 15.1 Å². The Hall–Kier alpha value is -1.99. The number of rotatable bonds is 8. The minimum Gasteiger partial charge on any atom is -0.395 e. The van der Waals surface area contributed by atoms with E-state index in [1.807, 2.05) is 11.8 Å². The number of nitrogens with one attached hydrogen (secondary N) is 1. The highest BCUT2D eigenvalue weighted by molar-refractivity contribution is 5.88. The average Bonchev–Trinajstić information content (AvgIpc) is 2.59. The summed E-state index contributed by atoms with van der Waals surface area (Å²) in [5.74, 6) is -0.695. The van der Waals surface area contributed by atoms with E-state index in [0.717, 1.165) is 6.42 Å². The number of nitrogens with zero attached hydrogens (tertiary/aromatic N) is 2. The van der Waals surface area contributed by atoms with Gasteiger partial charge in [0.2, 0.25) is 11.8 Å². The van der Waals surface area contributed by atoms with Crippen LogP contribution in [-0.2, 0) is 16.1 Å². The number of amides is 2. The van der Waals surface area contributed by atoms with Gasteiger partial charge in [-0.15, -0.1) is 0 Å². The second kappa shape index (κ2) is 9.48. The maximum atomic E-state index is 13.9. The zero-order chi connectivity index (χ0) is 18.2. The van der Waals surface area contributed by atoms with Crippen molar-refractivity contribution < 1.29 is 19.1 Å². The highest BCUT2D eigenvalue weighted by Gasteiger charge is 2.33. The van der Waals surface area contributed by atoms with Crippen molar-refractivity contribution in [1.29, 1.82) is 0 Å². The quantitative estimate of drug-likeness (QED) is 0.725. The van der Waals surface area contributed by atoms with Crippen molar-refractivity contribution in [2.24, 2.45) is 0 Å². The van der Waals surface area contributed by atoms with E-state index in [2.05, 4.69) is 5.32 Å². The van der Waals surface area contributed by atoms with E-state index in [-0.39, 0.29) is 43.7 Å². The number of piperazine rings is 1. The molecular formula is C18H26FN3O3. The van der Waals surface area contributed by atoms with Gasteiger partial charge < -0.3 is 15.3 Å². The fourth-order valence-electron chi connectivity index (χ4n) is 3.06. The van der Waals surface area contributed by atoms with Crippen LogP contribution in [0.15, 0.2) is 24.3 Å². The summed E-state index contributed by atoms with van der Waals surface area (Å²) in [5.41, 5.74) is 0.510. The normalized spacial score (nSPS) is 18.0. The summed E-state index contributed by atoms with van der Waals surface area (Å²) in [5, 5.41) is 11.9. The van der Waals surface area contributed by atoms with Crippen LogP contribution in [0.5, 0.6) is 0 Å². The van der Waals surface area contributed by atoms with Gasteiger partial charge in [0.15, 0.2) is 0 Å². The van der Waals surface area contributed by atoms with Crippen LogP contribution in [0.1, 0.15) is 25.3 Å².